The van der Waals surface area contributed by atoms with Gasteiger partial charge in [-0.2, -0.15) is 11.8 Å². The van der Waals surface area contributed by atoms with Crippen LogP contribution in [0.4, 0.5) is 0 Å². The number of hydrogen-bond acceptors (Lipinski definition) is 5. The molecule has 5 heteroatoms. The summed E-state index contributed by atoms with van der Waals surface area (Å²) >= 11 is 1.90. The lowest BCUT2D eigenvalue weighted by Crippen LogP contribution is -2.30. The summed E-state index contributed by atoms with van der Waals surface area (Å²) in [6.45, 7) is 6.70. The van der Waals surface area contributed by atoms with Crippen molar-refractivity contribution in [2.75, 3.05) is 12.4 Å². The Labute approximate surface area is 138 Å². The number of aliphatic hydroxyl groups excluding tert-OH is 1. The van der Waals surface area contributed by atoms with E-state index < -0.39 is 0 Å². The highest BCUT2D eigenvalue weighted by molar-refractivity contribution is 7.99. The Morgan fingerprint density at radius 3 is 2.73 bits per heavy atom. The number of ketones is 1. The number of hydrogen-bond donors (Lipinski definition) is 2. The fraction of sp³-hybridized carbons (Fsp3) is 0.765. The molecule has 0 saturated heterocycles. The summed E-state index contributed by atoms with van der Waals surface area (Å²) < 4.78 is 5.63. The zero-order valence-electron chi connectivity index (χ0n) is 13.9. The molecule has 3 atom stereocenters. The van der Waals surface area contributed by atoms with Crippen molar-refractivity contribution in [2.24, 2.45) is 5.92 Å². The third-order valence-corrected chi connectivity index (χ3v) is 5.04. The summed E-state index contributed by atoms with van der Waals surface area (Å²) in [6.07, 6.45) is 4.12. The van der Waals surface area contributed by atoms with Crippen LogP contribution in [0.3, 0.4) is 0 Å². The molecule has 0 spiro atoms. The molecule has 0 radical (unpaired) electrons. The second-order valence-corrected chi connectivity index (χ2v) is 7.50. The maximum atomic E-state index is 12.5. The quantitative estimate of drug-likeness (QED) is 0.592. The Bertz CT molecular complexity index is 409. The second-order valence-electron chi connectivity index (χ2n) is 5.78. The zero-order chi connectivity index (χ0) is 16.5. The van der Waals surface area contributed by atoms with Crippen molar-refractivity contribution in [2.45, 2.75) is 64.2 Å². The molecule has 1 aliphatic carbocycles. The number of aliphatic hydroxyl groups is 1. The van der Waals surface area contributed by atoms with Gasteiger partial charge in [0.05, 0.1) is 11.7 Å². The van der Waals surface area contributed by atoms with Gasteiger partial charge >= 0.3 is 0 Å². The van der Waals surface area contributed by atoms with Crippen LogP contribution in [0.1, 0.15) is 52.9 Å². The van der Waals surface area contributed by atoms with E-state index >= 15 is 0 Å². The Morgan fingerprint density at radius 1 is 1.45 bits per heavy atom. The number of Topliss-reactive ketones (excluding diaryl/α,β-unsaturated/α-hetero) is 1. The molecular weight excluding hydrogens is 298 g/mol. The number of carbonyl (C=O) groups is 1. The van der Waals surface area contributed by atoms with Gasteiger partial charge in [0.15, 0.2) is 5.78 Å². The lowest BCUT2D eigenvalue weighted by atomic mass is 9.82. The van der Waals surface area contributed by atoms with Gasteiger partial charge in [0, 0.05) is 24.7 Å². The molecule has 126 valence electrons. The van der Waals surface area contributed by atoms with Crippen LogP contribution in [0.15, 0.2) is 11.3 Å². The molecule has 1 aliphatic rings. The van der Waals surface area contributed by atoms with E-state index in [1.807, 2.05) is 18.7 Å². The number of rotatable bonds is 10. The molecule has 0 heterocycles. The first-order valence-corrected chi connectivity index (χ1v) is 9.25. The number of thioether (sulfide) groups is 1. The second kappa shape index (κ2) is 10.1. The highest BCUT2D eigenvalue weighted by atomic mass is 32.2. The fourth-order valence-electron chi connectivity index (χ4n) is 3.09. The van der Waals surface area contributed by atoms with Crippen LogP contribution in [-0.4, -0.2) is 40.8 Å². The average Bonchev–Trinajstić information content (AvgIpc) is 2.44. The lowest BCUT2D eigenvalue weighted by molar-refractivity contribution is -0.119. The first kappa shape index (κ1) is 19.2. The van der Waals surface area contributed by atoms with E-state index in [4.69, 9.17) is 10.1 Å². The molecule has 0 aromatic heterocycles. The highest BCUT2D eigenvalue weighted by Crippen LogP contribution is 2.34. The third-order valence-electron chi connectivity index (χ3n) is 3.95. The van der Waals surface area contributed by atoms with Crippen LogP contribution in [0.25, 0.3) is 0 Å². The molecule has 0 fully saturated rings. The predicted molar refractivity (Wildman–Crippen MR) is 93.0 cm³/mol. The van der Waals surface area contributed by atoms with Gasteiger partial charge in [-0.15, -0.1) is 0 Å². The molecule has 4 nitrogen and oxygen atoms in total. The van der Waals surface area contributed by atoms with Crippen LogP contribution in [0.5, 0.6) is 0 Å². The van der Waals surface area contributed by atoms with E-state index in [2.05, 4.69) is 13.8 Å². The van der Waals surface area contributed by atoms with Gasteiger partial charge in [-0.05, 0) is 44.1 Å². The Hall–Kier alpha value is -0.810. The molecule has 0 amide bonds. The lowest BCUT2D eigenvalue weighted by Gasteiger charge is -2.29. The van der Waals surface area contributed by atoms with E-state index in [-0.39, 0.29) is 23.6 Å². The molecule has 0 aliphatic heterocycles. The van der Waals surface area contributed by atoms with Gasteiger partial charge in [-0.25, -0.2) is 0 Å². The van der Waals surface area contributed by atoms with E-state index in [9.17, 15) is 9.90 Å². The largest absolute Gasteiger partial charge is 0.512 e. The molecule has 0 aromatic carbocycles. The molecule has 0 aromatic rings. The number of carbonyl (C=O) groups excluding carboxylic acids is 1. The maximum Gasteiger partial charge on any atom is 0.165 e. The first-order chi connectivity index (χ1) is 10.5. The van der Waals surface area contributed by atoms with Crippen molar-refractivity contribution in [1.82, 2.24) is 0 Å². The summed E-state index contributed by atoms with van der Waals surface area (Å²) in [7, 11) is 0. The molecular formula is C17H29NO3S. The number of ether oxygens (including phenoxy) is 1. The van der Waals surface area contributed by atoms with E-state index in [0.29, 0.717) is 43.1 Å². The molecule has 2 N–H and O–H groups in total. The van der Waals surface area contributed by atoms with Gasteiger partial charge in [-0.3, -0.25) is 4.79 Å². The summed E-state index contributed by atoms with van der Waals surface area (Å²) in [6, 6.07) is 0. The van der Waals surface area contributed by atoms with Crippen LogP contribution in [-0.2, 0) is 9.53 Å². The zero-order valence-corrected chi connectivity index (χ0v) is 14.7. The van der Waals surface area contributed by atoms with Crippen LogP contribution in [0, 0.1) is 11.3 Å². The standard InChI is InChI=1S/C17H29NO3S/c1-4-21-16(7-6-8-18)17-14(19)10-13(11-15(17)20)9-12(3)22-5-2/h8,12-13,16,18-19H,4-7,9-11H2,1-3H3. The van der Waals surface area contributed by atoms with Crippen molar-refractivity contribution < 1.29 is 14.6 Å². The van der Waals surface area contributed by atoms with E-state index in [1.54, 1.807) is 0 Å². The van der Waals surface area contributed by atoms with Crippen molar-refractivity contribution >= 4 is 23.8 Å². The summed E-state index contributed by atoms with van der Waals surface area (Å²) in [5.41, 5.74) is 0.454. The van der Waals surface area contributed by atoms with E-state index in [0.717, 1.165) is 12.2 Å². The Morgan fingerprint density at radius 2 is 2.18 bits per heavy atom. The Kier molecular flexibility index (Phi) is 8.79. The Balaban J connectivity index is 2.78. The normalized spacial score (nSPS) is 21.8. The molecule has 22 heavy (non-hydrogen) atoms. The minimum Gasteiger partial charge on any atom is -0.512 e. The van der Waals surface area contributed by atoms with Crippen LogP contribution >= 0.6 is 11.8 Å². The van der Waals surface area contributed by atoms with E-state index in [1.165, 1.54) is 6.21 Å². The number of allylic oxidation sites excluding steroid dienone is 1. The van der Waals surface area contributed by atoms with Gasteiger partial charge < -0.3 is 15.3 Å². The maximum absolute atomic E-state index is 12.5. The fourth-order valence-corrected chi connectivity index (χ4v) is 4.07. The topological polar surface area (TPSA) is 70.4 Å². The van der Waals surface area contributed by atoms with Gasteiger partial charge in [0.25, 0.3) is 0 Å². The van der Waals surface area contributed by atoms with Gasteiger partial charge in [-0.1, -0.05) is 13.8 Å². The minimum atomic E-state index is -0.373. The monoisotopic (exact) mass is 327 g/mol. The van der Waals surface area contributed by atoms with Crippen molar-refractivity contribution in [1.29, 1.82) is 5.41 Å². The smallest absolute Gasteiger partial charge is 0.165 e. The van der Waals surface area contributed by atoms with Crippen molar-refractivity contribution in [3.63, 3.8) is 0 Å². The SMILES string of the molecule is CCOC(CCC=N)C1=C(O)CC(CC(C)SCC)CC1=O. The average molecular weight is 327 g/mol. The molecule has 0 bridgehead atoms. The highest BCUT2D eigenvalue weighted by Gasteiger charge is 2.33. The van der Waals surface area contributed by atoms with Crippen molar-refractivity contribution in [3.05, 3.63) is 11.3 Å². The van der Waals surface area contributed by atoms with Gasteiger partial charge in [0.2, 0.25) is 0 Å². The number of nitrogens with one attached hydrogen (secondary N) is 1. The summed E-state index contributed by atoms with van der Waals surface area (Å²) in [5, 5.41) is 18.0. The molecule has 3 unspecified atom stereocenters. The van der Waals surface area contributed by atoms with Crippen LogP contribution < -0.4 is 0 Å². The van der Waals surface area contributed by atoms with Crippen molar-refractivity contribution in [3.8, 4) is 0 Å². The third kappa shape index (κ3) is 5.76. The van der Waals surface area contributed by atoms with Crippen LogP contribution in [0.2, 0.25) is 0 Å². The van der Waals surface area contributed by atoms with Gasteiger partial charge in [0.1, 0.15) is 5.76 Å². The summed E-state index contributed by atoms with van der Waals surface area (Å²) in [5.74, 6) is 1.53. The first-order valence-electron chi connectivity index (χ1n) is 8.20. The summed E-state index contributed by atoms with van der Waals surface area (Å²) in [4.78, 5) is 12.5. The molecule has 1 rings (SSSR count). The predicted octanol–water partition coefficient (Wildman–Crippen LogP) is 4.14. The minimum absolute atomic E-state index is 0.0193. The molecule has 0 saturated carbocycles.